The Morgan fingerprint density at radius 1 is 1.20 bits per heavy atom. The highest BCUT2D eigenvalue weighted by Gasteiger charge is 2.12. The maximum Gasteiger partial charge on any atom is 0.0485 e. The zero-order chi connectivity index (χ0) is 10.5. The molecule has 2 nitrogen and oxygen atoms in total. The van der Waals surface area contributed by atoms with Crippen molar-refractivity contribution in [3.8, 4) is 0 Å². The first-order valence-electron chi connectivity index (χ1n) is 5.87. The average molecular weight is 204 g/mol. The molecule has 0 bridgehead atoms. The van der Waals surface area contributed by atoms with Gasteiger partial charge < -0.3 is 0 Å². The van der Waals surface area contributed by atoms with Gasteiger partial charge in [0.25, 0.3) is 0 Å². The Kier molecular flexibility index (Phi) is 3.75. The highest BCUT2D eigenvalue weighted by atomic mass is 15.2. The van der Waals surface area contributed by atoms with Crippen LogP contribution in [0.2, 0.25) is 0 Å². The lowest BCUT2D eigenvalue weighted by Gasteiger charge is -2.20. The van der Waals surface area contributed by atoms with Gasteiger partial charge in [0.15, 0.2) is 0 Å². The fourth-order valence-electron chi connectivity index (χ4n) is 2.07. The summed E-state index contributed by atoms with van der Waals surface area (Å²) in [5, 5.41) is 3.57. The fraction of sp³-hybridized carbons (Fsp3) is 0.538. The minimum absolute atomic E-state index is 0.451. The van der Waals surface area contributed by atoms with Crippen LogP contribution in [-0.2, 0) is 0 Å². The smallest absolute Gasteiger partial charge is 0.0485 e. The van der Waals surface area contributed by atoms with Crippen molar-refractivity contribution < 1.29 is 0 Å². The molecule has 15 heavy (non-hydrogen) atoms. The van der Waals surface area contributed by atoms with E-state index >= 15 is 0 Å². The lowest BCUT2D eigenvalue weighted by atomic mass is 10.1. The highest BCUT2D eigenvalue weighted by molar-refractivity contribution is 5.17. The Labute approximate surface area is 92.3 Å². The minimum Gasteiger partial charge on any atom is -0.298 e. The van der Waals surface area contributed by atoms with Gasteiger partial charge in [-0.25, -0.2) is 0 Å². The van der Waals surface area contributed by atoms with Gasteiger partial charge in [-0.3, -0.25) is 10.2 Å². The molecule has 1 aromatic carbocycles. The van der Waals surface area contributed by atoms with Gasteiger partial charge in [-0.2, -0.15) is 0 Å². The Bertz CT molecular complexity index is 278. The van der Waals surface area contributed by atoms with E-state index in [-0.39, 0.29) is 0 Å². The van der Waals surface area contributed by atoms with E-state index in [1.807, 2.05) is 0 Å². The molecular weight excluding hydrogens is 184 g/mol. The van der Waals surface area contributed by atoms with Gasteiger partial charge in [0.05, 0.1) is 0 Å². The predicted octanol–water partition coefficient (Wildman–Crippen LogP) is 2.39. The maximum absolute atomic E-state index is 3.57. The molecule has 1 fully saturated rings. The first kappa shape index (κ1) is 10.7. The minimum atomic E-state index is 0.451. The van der Waals surface area contributed by atoms with Crippen LogP contribution in [0.3, 0.4) is 0 Å². The molecule has 1 heterocycles. The number of hydrogen-bond acceptors (Lipinski definition) is 2. The summed E-state index contributed by atoms with van der Waals surface area (Å²) in [7, 11) is 0. The molecule has 2 heteroatoms. The Morgan fingerprint density at radius 3 is 2.53 bits per heavy atom. The van der Waals surface area contributed by atoms with Crippen molar-refractivity contribution in [1.82, 2.24) is 10.2 Å². The Balaban J connectivity index is 1.79. The van der Waals surface area contributed by atoms with Crippen LogP contribution < -0.4 is 5.32 Å². The average Bonchev–Trinajstić information content (AvgIpc) is 2.80. The fourth-order valence-corrected chi connectivity index (χ4v) is 2.07. The second-order valence-electron chi connectivity index (χ2n) is 4.32. The van der Waals surface area contributed by atoms with Crippen molar-refractivity contribution in [2.75, 3.05) is 19.8 Å². The van der Waals surface area contributed by atoms with Gasteiger partial charge in [0.2, 0.25) is 0 Å². The standard InChI is InChI=1S/C13H20N2/c1-12(13-7-3-2-4-8-13)14-11-15-9-5-6-10-15/h2-4,7-8,12,14H,5-6,9-11H2,1H3. The first-order valence-corrected chi connectivity index (χ1v) is 5.87. The van der Waals surface area contributed by atoms with Gasteiger partial charge in [-0.15, -0.1) is 0 Å². The summed E-state index contributed by atoms with van der Waals surface area (Å²) < 4.78 is 0. The molecule has 0 aromatic heterocycles. The number of benzene rings is 1. The lowest BCUT2D eigenvalue weighted by Crippen LogP contribution is -2.33. The maximum atomic E-state index is 3.57. The molecule has 0 aliphatic carbocycles. The molecule has 0 amide bonds. The second-order valence-corrected chi connectivity index (χ2v) is 4.32. The quantitative estimate of drug-likeness (QED) is 0.810. The number of rotatable bonds is 4. The summed E-state index contributed by atoms with van der Waals surface area (Å²) in [5.74, 6) is 0. The summed E-state index contributed by atoms with van der Waals surface area (Å²) in [6.07, 6.45) is 2.72. The first-order chi connectivity index (χ1) is 7.36. The molecule has 1 N–H and O–H groups in total. The largest absolute Gasteiger partial charge is 0.298 e. The van der Waals surface area contributed by atoms with Gasteiger partial charge in [0, 0.05) is 12.7 Å². The van der Waals surface area contributed by atoms with E-state index in [0.29, 0.717) is 6.04 Å². The molecule has 2 rings (SSSR count). The van der Waals surface area contributed by atoms with E-state index in [0.717, 1.165) is 6.67 Å². The summed E-state index contributed by atoms with van der Waals surface area (Å²) in [5.41, 5.74) is 1.37. The molecule has 1 saturated heterocycles. The SMILES string of the molecule is CC(NCN1CCCC1)c1ccccc1. The lowest BCUT2D eigenvalue weighted by molar-refractivity contribution is 0.294. The van der Waals surface area contributed by atoms with Gasteiger partial charge in [-0.1, -0.05) is 30.3 Å². The van der Waals surface area contributed by atoms with Crippen LogP contribution in [0.15, 0.2) is 30.3 Å². The number of nitrogens with zero attached hydrogens (tertiary/aromatic N) is 1. The number of hydrogen-bond donors (Lipinski definition) is 1. The van der Waals surface area contributed by atoms with Crippen LogP contribution in [0, 0.1) is 0 Å². The Hall–Kier alpha value is -0.860. The molecule has 0 radical (unpaired) electrons. The van der Waals surface area contributed by atoms with Crippen LogP contribution >= 0.6 is 0 Å². The van der Waals surface area contributed by atoms with Crippen molar-refractivity contribution in [2.45, 2.75) is 25.8 Å². The third-order valence-corrected chi connectivity index (χ3v) is 3.12. The summed E-state index contributed by atoms with van der Waals surface area (Å²) >= 11 is 0. The molecule has 1 unspecified atom stereocenters. The van der Waals surface area contributed by atoms with E-state index in [1.54, 1.807) is 0 Å². The summed E-state index contributed by atoms with van der Waals surface area (Å²) in [4.78, 5) is 2.49. The van der Waals surface area contributed by atoms with Crippen molar-refractivity contribution in [3.05, 3.63) is 35.9 Å². The van der Waals surface area contributed by atoms with Crippen molar-refractivity contribution in [2.24, 2.45) is 0 Å². The number of likely N-dealkylation sites (tertiary alicyclic amines) is 1. The zero-order valence-corrected chi connectivity index (χ0v) is 9.45. The van der Waals surface area contributed by atoms with Crippen LogP contribution in [-0.4, -0.2) is 24.7 Å². The van der Waals surface area contributed by atoms with Crippen molar-refractivity contribution in [3.63, 3.8) is 0 Å². The van der Waals surface area contributed by atoms with Gasteiger partial charge >= 0.3 is 0 Å². The topological polar surface area (TPSA) is 15.3 Å². The molecule has 82 valence electrons. The van der Waals surface area contributed by atoms with Crippen LogP contribution in [0.4, 0.5) is 0 Å². The summed E-state index contributed by atoms with van der Waals surface area (Å²) in [6.45, 7) is 5.77. The van der Waals surface area contributed by atoms with E-state index < -0.39 is 0 Å². The monoisotopic (exact) mass is 204 g/mol. The molecule has 0 spiro atoms. The van der Waals surface area contributed by atoms with Crippen LogP contribution in [0.1, 0.15) is 31.4 Å². The predicted molar refractivity (Wildman–Crippen MR) is 63.7 cm³/mol. The molecule has 1 aliphatic heterocycles. The molecule has 1 atom stereocenters. The zero-order valence-electron chi connectivity index (χ0n) is 9.45. The molecule has 1 aliphatic rings. The third kappa shape index (κ3) is 3.05. The third-order valence-electron chi connectivity index (χ3n) is 3.12. The van der Waals surface area contributed by atoms with Crippen molar-refractivity contribution >= 4 is 0 Å². The number of nitrogens with one attached hydrogen (secondary N) is 1. The van der Waals surface area contributed by atoms with Gasteiger partial charge in [-0.05, 0) is 38.4 Å². The van der Waals surface area contributed by atoms with Gasteiger partial charge in [0.1, 0.15) is 0 Å². The van der Waals surface area contributed by atoms with E-state index in [2.05, 4.69) is 47.5 Å². The molecule has 0 saturated carbocycles. The van der Waals surface area contributed by atoms with Crippen LogP contribution in [0.25, 0.3) is 0 Å². The van der Waals surface area contributed by atoms with E-state index in [9.17, 15) is 0 Å². The van der Waals surface area contributed by atoms with Crippen molar-refractivity contribution in [1.29, 1.82) is 0 Å². The molecular formula is C13H20N2. The van der Waals surface area contributed by atoms with E-state index in [4.69, 9.17) is 0 Å². The van der Waals surface area contributed by atoms with Crippen LogP contribution in [0.5, 0.6) is 0 Å². The highest BCUT2D eigenvalue weighted by Crippen LogP contribution is 2.12. The normalized spacial score (nSPS) is 19.3. The summed E-state index contributed by atoms with van der Waals surface area (Å²) in [6, 6.07) is 11.1. The Morgan fingerprint density at radius 2 is 1.87 bits per heavy atom. The molecule has 1 aromatic rings. The van der Waals surface area contributed by atoms with E-state index in [1.165, 1.54) is 31.5 Å². The second kappa shape index (κ2) is 5.29.